The third-order valence-corrected chi connectivity index (χ3v) is 28.8. The predicted molar refractivity (Wildman–Crippen MR) is 573 cm³/mol. The highest BCUT2D eigenvalue weighted by atomic mass is 15.2. The molecule has 2 aliphatic heterocycles. The molecule has 0 saturated heterocycles. The number of hydrogen-bond donors (Lipinski definition) is 0. The van der Waals surface area contributed by atoms with E-state index >= 15 is 0 Å². The number of hydrogen-bond acceptors (Lipinski definition) is 9. The number of para-hydroxylation sites is 4. The van der Waals surface area contributed by atoms with Gasteiger partial charge in [0, 0.05) is 77.4 Å². The Morgan fingerprint density at radius 1 is 0.150 bits per heavy atom. The second-order valence-electron chi connectivity index (χ2n) is 36.4. The lowest BCUT2D eigenvalue weighted by atomic mass is 9.64. The van der Waals surface area contributed by atoms with Crippen molar-refractivity contribution in [2.75, 3.05) is 9.80 Å². The Hall–Kier alpha value is -18.6. The molecule has 0 N–H and O–H groups in total. The van der Waals surface area contributed by atoms with Crippen LogP contribution in [0.15, 0.2) is 504 Å². The lowest BCUT2D eigenvalue weighted by Crippen LogP contribution is -2.36. The zero-order valence-corrected chi connectivity index (χ0v) is 75.9. The largest absolute Gasteiger partial charge is 0.310 e. The van der Waals surface area contributed by atoms with E-state index in [0.717, 1.165) is 156 Å². The van der Waals surface area contributed by atoms with Crippen molar-refractivity contribution in [3.8, 4) is 135 Å². The molecular weight excluding hydrogens is 1700 g/mol. The van der Waals surface area contributed by atoms with E-state index < -0.39 is 10.8 Å². The van der Waals surface area contributed by atoms with E-state index in [2.05, 4.69) is 428 Å². The molecule has 24 aromatic rings. The molecule has 4 aliphatic rings. The number of pyridine rings is 2. The topological polar surface area (TPSA) is 96.7 Å². The van der Waals surface area contributed by atoms with Gasteiger partial charge in [0.1, 0.15) is 0 Å². The van der Waals surface area contributed by atoms with E-state index in [1.54, 1.807) is 0 Å². The van der Waals surface area contributed by atoms with Crippen LogP contribution < -0.4 is 9.80 Å². The van der Waals surface area contributed by atoms with Crippen LogP contribution in [0, 0.1) is 0 Å². The molecule has 0 unspecified atom stereocenters. The summed E-state index contributed by atoms with van der Waals surface area (Å²) in [5, 5.41) is 6.86. The SMILES string of the molecule is c1ccc(-c2cc(-c3ccc(-c4ccc5c(c4)C4(c6ccccc6-c6ccccc64)c4cc6c(cc4N5c4ccccc4)c(-c4ccccc4)nc4ccccc46)cc3)nc(-c3ccccc3)n2)cc1.c1ccc(-c2nc(-c3ccccc3)nc(-c3ccc(-c4ccc5c(c4)C4(c6ccccc6-c6ccccc64)c4cc6c(cc4N5c4ccccc4)c(-c4ccccc4)nc4ccccc46)cc3)n2)cc1. The van der Waals surface area contributed by atoms with Crippen LogP contribution in [-0.2, 0) is 10.8 Å². The number of fused-ring (bicyclic) bond motifs is 24. The minimum Gasteiger partial charge on any atom is -0.310 e. The summed E-state index contributed by atoms with van der Waals surface area (Å²) in [6, 6.07) is 181. The molecule has 2 aliphatic carbocycles. The van der Waals surface area contributed by atoms with Crippen LogP contribution in [0.4, 0.5) is 34.1 Å². The molecule has 6 heterocycles. The second kappa shape index (κ2) is 33.2. The summed E-state index contributed by atoms with van der Waals surface area (Å²) in [5.74, 6) is 2.61. The van der Waals surface area contributed by atoms with Gasteiger partial charge < -0.3 is 9.80 Å². The van der Waals surface area contributed by atoms with Gasteiger partial charge in [-0.25, -0.2) is 34.9 Å². The van der Waals surface area contributed by atoms with E-state index in [0.29, 0.717) is 23.3 Å². The fraction of sp³-hybridized carbons (Fsp3) is 0.0153. The molecule has 0 amide bonds. The third-order valence-electron chi connectivity index (χ3n) is 28.8. The smallest absolute Gasteiger partial charge is 0.164 e. The highest BCUT2D eigenvalue weighted by molar-refractivity contribution is 6.16. The maximum Gasteiger partial charge on any atom is 0.164 e. The molecule has 140 heavy (non-hydrogen) atoms. The quantitative estimate of drug-likeness (QED) is 0.111. The molecule has 4 aromatic heterocycles. The molecule has 0 atom stereocenters. The summed E-state index contributed by atoms with van der Waals surface area (Å²) in [6.45, 7) is 0. The molecule has 9 heteroatoms. The highest BCUT2D eigenvalue weighted by Gasteiger charge is 2.54. The molecule has 9 nitrogen and oxygen atoms in total. The zero-order valence-electron chi connectivity index (χ0n) is 75.9. The Bertz CT molecular complexity index is 8290. The lowest BCUT2D eigenvalue weighted by molar-refractivity contribution is 0.754. The predicted octanol–water partition coefficient (Wildman–Crippen LogP) is 32.7. The van der Waals surface area contributed by atoms with Crippen molar-refractivity contribution < 1.29 is 0 Å². The molecule has 28 rings (SSSR count). The van der Waals surface area contributed by atoms with E-state index in [4.69, 9.17) is 34.9 Å². The van der Waals surface area contributed by atoms with Gasteiger partial charge in [0.15, 0.2) is 23.3 Å². The van der Waals surface area contributed by atoms with E-state index in [1.807, 2.05) is 84.9 Å². The Labute approximate surface area is 810 Å². The maximum absolute atomic E-state index is 5.41. The van der Waals surface area contributed by atoms with Gasteiger partial charge in [-0.3, -0.25) is 0 Å². The van der Waals surface area contributed by atoms with Crippen LogP contribution in [-0.4, -0.2) is 34.9 Å². The van der Waals surface area contributed by atoms with Gasteiger partial charge in [-0.15, -0.1) is 0 Å². The highest BCUT2D eigenvalue weighted by Crippen LogP contribution is 2.67. The van der Waals surface area contributed by atoms with Gasteiger partial charge in [0.25, 0.3) is 0 Å². The minimum atomic E-state index is -0.670. The Balaban J connectivity index is 0.000000141. The first-order chi connectivity index (χ1) is 69.4. The second-order valence-corrected chi connectivity index (χ2v) is 36.4. The summed E-state index contributed by atoms with van der Waals surface area (Å²) in [4.78, 5) is 41.0. The number of anilines is 6. The fourth-order valence-corrected chi connectivity index (χ4v) is 22.5. The Morgan fingerprint density at radius 3 is 0.779 bits per heavy atom. The minimum absolute atomic E-state index is 0.628. The number of aromatic nitrogens is 7. The average Bonchev–Trinajstić information content (AvgIpc) is 1.49. The number of rotatable bonds is 12. The summed E-state index contributed by atoms with van der Waals surface area (Å²) >= 11 is 0. The Kier molecular flexibility index (Phi) is 19.2. The molecule has 0 bridgehead atoms. The van der Waals surface area contributed by atoms with Crippen molar-refractivity contribution in [3.63, 3.8) is 0 Å². The van der Waals surface area contributed by atoms with Crippen LogP contribution in [0.25, 0.3) is 178 Å². The first-order valence-electron chi connectivity index (χ1n) is 47.7. The van der Waals surface area contributed by atoms with Crippen LogP contribution in [0.2, 0.25) is 0 Å². The van der Waals surface area contributed by atoms with Crippen LogP contribution in [0.1, 0.15) is 44.5 Å². The van der Waals surface area contributed by atoms with E-state index in [-0.39, 0.29) is 0 Å². The molecule has 2 spiro atoms. The summed E-state index contributed by atoms with van der Waals surface area (Å²) < 4.78 is 0. The molecule has 0 saturated carbocycles. The fourth-order valence-electron chi connectivity index (χ4n) is 22.5. The van der Waals surface area contributed by atoms with Gasteiger partial charge in [0.2, 0.25) is 0 Å². The molecule has 0 radical (unpaired) electrons. The average molecular weight is 1780 g/mol. The van der Waals surface area contributed by atoms with Crippen LogP contribution >= 0.6 is 0 Å². The first-order valence-corrected chi connectivity index (χ1v) is 47.7. The lowest BCUT2D eigenvalue weighted by Gasteiger charge is -2.45. The van der Waals surface area contributed by atoms with Crippen molar-refractivity contribution in [1.82, 2.24) is 34.9 Å². The summed E-state index contributed by atoms with van der Waals surface area (Å²) in [7, 11) is 0. The normalized spacial score (nSPS) is 12.9. The third kappa shape index (κ3) is 13.1. The van der Waals surface area contributed by atoms with Crippen LogP contribution in [0.3, 0.4) is 0 Å². The number of nitrogens with zero attached hydrogens (tertiary/aromatic N) is 9. The standard InChI is InChI=1S/C66H42N4.C65H41N5/c1-5-19-44(20-6-1)60-42-61(69-65(68-60)47-23-9-3-10-24-47)45-35-33-43(34-36-45)48-37-38-62-57(39-48)66(55-30-16-13-27-50(55)51-28-14-17-31-56(51)66)58-40-53-52-29-15-18-32-59(52)67-64(46-21-7-2-8-22-46)54(53)41-63(58)70(62)49-25-11-4-12-26-49;1-5-19-43(20-6-1)61-53-41-60-57(40-52(53)51-29-15-18-32-58(51)66-61)65(54-30-16-13-27-49(54)50-28-14-17-31-55(50)65)56-39-47(37-38-59(56)70(60)48-25-11-4-12-26-48)42-33-35-46(36-34-42)64-68-62(44-21-7-2-8-22-44)67-63(69-64)45-23-9-3-10-24-45/h1-42H;1-41H. The van der Waals surface area contributed by atoms with Gasteiger partial charge in [0.05, 0.1) is 67.4 Å². The van der Waals surface area contributed by atoms with Crippen molar-refractivity contribution >= 4 is 77.5 Å². The van der Waals surface area contributed by atoms with Crippen LogP contribution in [0.5, 0.6) is 0 Å². The van der Waals surface area contributed by atoms with Crippen molar-refractivity contribution in [2.24, 2.45) is 0 Å². The Morgan fingerprint density at radius 2 is 0.414 bits per heavy atom. The van der Waals surface area contributed by atoms with E-state index in [1.165, 1.54) is 77.5 Å². The van der Waals surface area contributed by atoms with Crippen molar-refractivity contribution in [2.45, 2.75) is 10.8 Å². The molecule has 0 fully saturated rings. The molecular formula is C131H83N9. The monoisotopic (exact) mass is 1780 g/mol. The van der Waals surface area contributed by atoms with Crippen molar-refractivity contribution in [3.05, 3.63) is 548 Å². The van der Waals surface area contributed by atoms with Crippen molar-refractivity contribution in [1.29, 1.82) is 0 Å². The maximum atomic E-state index is 5.41. The molecule has 20 aromatic carbocycles. The zero-order chi connectivity index (χ0) is 92.4. The van der Waals surface area contributed by atoms with Gasteiger partial charge >= 0.3 is 0 Å². The number of benzene rings is 20. The van der Waals surface area contributed by atoms with E-state index in [9.17, 15) is 0 Å². The van der Waals surface area contributed by atoms with Gasteiger partial charge in [-0.1, -0.05) is 413 Å². The summed E-state index contributed by atoms with van der Waals surface area (Å²) in [6.07, 6.45) is 0. The van der Waals surface area contributed by atoms with Gasteiger partial charge in [-0.2, -0.15) is 0 Å². The molecule has 652 valence electrons. The van der Waals surface area contributed by atoms with Gasteiger partial charge in [-0.05, 0) is 191 Å². The summed E-state index contributed by atoms with van der Waals surface area (Å²) in [5.41, 5.74) is 38.7. The first kappa shape index (κ1) is 81.0.